The highest BCUT2D eigenvalue weighted by atomic mass is 19.1. The number of fused-ring (bicyclic) bond motifs is 2. The van der Waals surface area contributed by atoms with Crippen molar-refractivity contribution in [2.75, 3.05) is 39.3 Å². The van der Waals surface area contributed by atoms with Gasteiger partial charge in [-0.1, -0.05) is 12.1 Å². The van der Waals surface area contributed by atoms with Crippen LogP contribution in [0.25, 0.3) is 0 Å². The number of halogens is 1. The van der Waals surface area contributed by atoms with Crippen LogP contribution in [0.15, 0.2) is 48.5 Å². The van der Waals surface area contributed by atoms with E-state index in [0.717, 1.165) is 38.3 Å². The van der Waals surface area contributed by atoms with E-state index in [1.807, 2.05) is 12.1 Å². The Labute approximate surface area is 177 Å². The molecule has 5 nitrogen and oxygen atoms in total. The van der Waals surface area contributed by atoms with Crippen molar-refractivity contribution in [3.8, 4) is 11.8 Å². The van der Waals surface area contributed by atoms with Gasteiger partial charge in [0.1, 0.15) is 24.3 Å². The summed E-state index contributed by atoms with van der Waals surface area (Å²) in [6.07, 6.45) is 0.698. The van der Waals surface area contributed by atoms with E-state index in [-0.39, 0.29) is 12.4 Å². The zero-order valence-corrected chi connectivity index (χ0v) is 17.1. The van der Waals surface area contributed by atoms with Gasteiger partial charge < -0.3 is 9.84 Å². The van der Waals surface area contributed by atoms with E-state index in [4.69, 9.17) is 10.00 Å². The average molecular weight is 410 g/mol. The van der Waals surface area contributed by atoms with Crippen molar-refractivity contribution < 1.29 is 14.2 Å². The van der Waals surface area contributed by atoms with E-state index in [0.29, 0.717) is 29.7 Å². The smallest absolute Gasteiger partial charge is 0.123 e. The number of hydrogen-bond acceptors (Lipinski definition) is 5. The molecule has 6 heteroatoms. The van der Waals surface area contributed by atoms with Crippen LogP contribution in [0, 0.1) is 29.0 Å². The zero-order chi connectivity index (χ0) is 20.9. The molecule has 158 valence electrons. The average Bonchev–Trinajstić information content (AvgIpc) is 2.74. The number of aliphatic hydroxyl groups is 1. The summed E-state index contributed by atoms with van der Waals surface area (Å²) < 4.78 is 18.8. The predicted octanol–water partition coefficient (Wildman–Crippen LogP) is 2.89. The number of hydrogen-bond donors (Lipinski definition) is 1. The number of nitriles is 1. The number of piperidine rings is 2. The number of aliphatic hydroxyl groups excluding tert-OH is 1. The lowest BCUT2D eigenvalue weighted by atomic mass is 9.84. The van der Waals surface area contributed by atoms with Crippen molar-refractivity contribution >= 4 is 0 Å². The van der Waals surface area contributed by atoms with Crippen molar-refractivity contribution in [1.29, 1.82) is 5.26 Å². The monoisotopic (exact) mass is 409 g/mol. The van der Waals surface area contributed by atoms with E-state index in [1.165, 1.54) is 18.6 Å². The molecule has 3 unspecified atom stereocenters. The molecule has 2 aliphatic rings. The molecule has 4 rings (SSSR count). The number of rotatable bonds is 7. The normalized spacial score (nSPS) is 23.0. The summed E-state index contributed by atoms with van der Waals surface area (Å²) in [4.78, 5) is 4.84. The molecule has 0 radical (unpaired) electrons. The maximum atomic E-state index is 13.1. The van der Waals surface area contributed by atoms with Crippen LogP contribution in [0.3, 0.4) is 0 Å². The van der Waals surface area contributed by atoms with Gasteiger partial charge in [-0.3, -0.25) is 9.80 Å². The molecule has 2 aliphatic heterocycles. The maximum absolute atomic E-state index is 13.1. The molecule has 30 heavy (non-hydrogen) atoms. The predicted molar refractivity (Wildman–Crippen MR) is 112 cm³/mol. The molecular weight excluding hydrogens is 381 g/mol. The van der Waals surface area contributed by atoms with E-state index in [2.05, 4.69) is 15.9 Å². The molecule has 2 heterocycles. The van der Waals surface area contributed by atoms with E-state index >= 15 is 0 Å². The molecule has 0 aliphatic carbocycles. The van der Waals surface area contributed by atoms with Crippen molar-refractivity contribution in [2.45, 2.75) is 19.1 Å². The van der Waals surface area contributed by atoms with Gasteiger partial charge in [0.05, 0.1) is 11.6 Å². The Balaban J connectivity index is 1.23. The second-order valence-electron chi connectivity index (χ2n) is 8.61. The molecule has 1 N–H and O–H groups in total. The molecule has 2 aromatic carbocycles. The molecule has 2 bridgehead atoms. The summed E-state index contributed by atoms with van der Waals surface area (Å²) >= 11 is 0. The number of likely N-dealkylation sites (tertiary alicyclic amines) is 2. The fourth-order valence-electron chi connectivity index (χ4n) is 4.79. The minimum absolute atomic E-state index is 0.188. The highest BCUT2D eigenvalue weighted by Gasteiger charge is 2.34. The Morgan fingerprint density at radius 3 is 2.27 bits per heavy atom. The van der Waals surface area contributed by atoms with E-state index < -0.39 is 6.10 Å². The number of β-amino-alcohol motifs (C(OH)–C–C–N with tert-alkyl or cyclic N) is 1. The van der Waals surface area contributed by atoms with Crippen LogP contribution in [-0.4, -0.2) is 60.3 Å². The highest BCUT2D eigenvalue weighted by molar-refractivity contribution is 5.34. The minimum atomic E-state index is -0.546. The third kappa shape index (κ3) is 5.57. The lowest BCUT2D eigenvalue weighted by molar-refractivity contribution is -0.00199. The Morgan fingerprint density at radius 1 is 1.00 bits per heavy atom. The fourth-order valence-corrected chi connectivity index (χ4v) is 4.79. The molecule has 2 saturated heterocycles. The molecule has 2 fully saturated rings. The van der Waals surface area contributed by atoms with E-state index in [1.54, 1.807) is 24.3 Å². The second-order valence-corrected chi connectivity index (χ2v) is 8.61. The van der Waals surface area contributed by atoms with Gasteiger partial charge in [-0.15, -0.1) is 0 Å². The summed E-state index contributed by atoms with van der Waals surface area (Å²) in [6.45, 7) is 5.79. The third-order valence-electron chi connectivity index (χ3n) is 5.95. The lowest BCUT2D eigenvalue weighted by Gasteiger charge is -2.46. The van der Waals surface area contributed by atoms with Crippen molar-refractivity contribution in [2.24, 2.45) is 11.8 Å². The Hall–Kier alpha value is -2.46. The zero-order valence-electron chi connectivity index (χ0n) is 17.1. The van der Waals surface area contributed by atoms with Crippen LogP contribution in [0.4, 0.5) is 4.39 Å². The second kappa shape index (κ2) is 9.57. The van der Waals surface area contributed by atoms with Gasteiger partial charge in [0.25, 0.3) is 0 Å². The van der Waals surface area contributed by atoms with Gasteiger partial charge in [0.2, 0.25) is 0 Å². The SMILES string of the molecule is N#Cc1ccc(OCC(O)CN2CC3CC(CN(Cc4ccc(F)cc4)C3)C2)cc1. The number of ether oxygens (including phenoxy) is 1. The van der Waals surface area contributed by atoms with Crippen LogP contribution >= 0.6 is 0 Å². The third-order valence-corrected chi connectivity index (χ3v) is 5.95. The first-order chi connectivity index (χ1) is 14.6. The van der Waals surface area contributed by atoms with Gasteiger partial charge in [0, 0.05) is 39.3 Å². The highest BCUT2D eigenvalue weighted by Crippen LogP contribution is 2.29. The minimum Gasteiger partial charge on any atom is -0.491 e. The van der Waals surface area contributed by atoms with Gasteiger partial charge >= 0.3 is 0 Å². The molecule has 0 amide bonds. The maximum Gasteiger partial charge on any atom is 0.123 e. The summed E-state index contributed by atoms with van der Waals surface area (Å²) in [6, 6.07) is 15.8. The first-order valence-corrected chi connectivity index (χ1v) is 10.6. The fraction of sp³-hybridized carbons (Fsp3) is 0.458. The Kier molecular flexibility index (Phi) is 6.63. The largest absolute Gasteiger partial charge is 0.491 e. The van der Waals surface area contributed by atoms with Crippen molar-refractivity contribution in [3.05, 3.63) is 65.5 Å². The van der Waals surface area contributed by atoms with Gasteiger partial charge in [0.15, 0.2) is 0 Å². The molecular formula is C24H28FN3O2. The van der Waals surface area contributed by atoms with Crippen LogP contribution in [0.2, 0.25) is 0 Å². The molecule has 0 spiro atoms. The Morgan fingerprint density at radius 2 is 1.63 bits per heavy atom. The summed E-state index contributed by atoms with van der Waals surface area (Å²) in [5.74, 6) is 1.68. The van der Waals surface area contributed by atoms with E-state index in [9.17, 15) is 9.50 Å². The van der Waals surface area contributed by atoms with Gasteiger partial charge in [-0.2, -0.15) is 5.26 Å². The van der Waals surface area contributed by atoms with Crippen LogP contribution in [0.1, 0.15) is 17.5 Å². The van der Waals surface area contributed by atoms with Gasteiger partial charge in [-0.05, 0) is 60.2 Å². The van der Waals surface area contributed by atoms with Crippen LogP contribution in [-0.2, 0) is 6.54 Å². The lowest BCUT2D eigenvalue weighted by Crippen LogP contribution is -2.53. The molecule has 2 aromatic rings. The van der Waals surface area contributed by atoms with Gasteiger partial charge in [-0.25, -0.2) is 4.39 Å². The van der Waals surface area contributed by atoms with Crippen molar-refractivity contribution in [1.82, 2.24) is 9.80 Å². The first-order valence-electron chi connectivity index (χ1n) is 10.6. The van der Waals surface area contributed by atoms with Crippen LogP contribution < -0.4 is 4.74 Å². The summed E-state index contributed by atoms with van der Waals surface area (Å²) in [7, 11) is 0. The number of benzene rings is 2. The summed E-state index contributed by atoms with van der Waals surface area (Å²) in [5, 5.41) is 19.3. The quantitative estimate of drug-likeness (QED) is 0.762. The molecule has 3 atom stereocenters. The molecule has 0 aromatic heterocycles. The first kappa shape index (κ1) is 20.8. The Bertz CT molecular complexity index is 852. The topological polar surface area (TPSA) is 59.7 Å². The van der Waals surface area contributed by atoms with Crippen LogP contribution in [0.5, 0.6) is 5.75 Å². The standard InChI is InChI=1S/C24H28FN3O2/c25-22-5-1-19(2-6-22)11-27-12-20-9-21(13-27)15-28(14-20)16-23(29)17-30-24-7-3-18(10-26)4-8-24/h1-8,20-21,23,29H,9,11-17H2. The molecule has 0 saturated carbocycles. The number of nitrogens with zero attached hydrogens (tertiary/aromatic N) is 3. The van der Waals surface area contributed by atoms with Crippen molar-refractivity contribution in [3.63, 3.8) is 0 Å². The summed E-state index contributed by atoms with van der Waals surface area (Å²) in [5.41, 5.74) is 1.75.